The molecule has 1 rings (SSSR count). The molecule has 2 nitrogen and oxygen atoms in total. The van der Waals surface area contributed by atoms with Crippen molar-refractivity contribution < 1.29 is 14.0 Å². The van der Waals surface area contributed by atoms with Crippen LogP contribution in [0.4, 0.5) is 14.5 Å². The van der Waals surface area contributed by atoms with Crippen LogP contribution in [-0.2, 0) is 0 Å². The number of hydrogen-bond donors (Lipinski definition) is 2. The molecule has 54 valence electrons. The summed E-state index contributed by atoms with van der Waals surface area (Å²) in [4.78, 5) is 0. The molecule has 1 aromatic carbocycles. The average molecular weight is 145 g/mol. The molecule has 0 amide bonds. The SMILES string of the molecule is ONc1cc(F)ccc1F. The lowest BCUT2D eigenvalue weighted by atomic mass is 10.3. The third kappa shape index (κ3) is 1.22. The smallest absolute Gasteiger partial charge is 0.148 e. The summed E-state index contributed by atoms with van der Waals surface area (Å²) in [6.07, 6.45) is 0. The standard InChI is InChI=1S/C6H5F2NO/c7-4-1-2-5(8)6(3-4)9-10/h1-3,9-10H. The second-order valence-electron chi connectivity index (χ2n) is 1.74. The normalized spacial score (nSPS) is 9.50. The summed E-state index contributed by atoms with van der Waals surface area (Å²) in [6.45, 7) is 0. The average Bonchev–Trinajstić information content (AvgIpc) is 1.94. The summed E-state index contributed by atoms with van der Waals surface area (Å²) >= 11 is 0. The third-order valence-corrected chi connectivity index (χ3v) is 1.05. The summed E-state index contributed by atoms with van der Waals surface area (Å²) in [7, 11) is 0. The Labute approximate surface area is 56.1 Å². The van der Waals surface area contributed by atoms with E-state index in [2.05, 4.69) is 0 Å². The Balaban J connectivity index is 3.09. The van der Waals surface area contributed by atoms with Gasteiger partial charge in [-0.1, -0.05) is 0 Å². The van der Waals surface area contributed by atoms with Crippen molar-refractivity contribution in [2.24, 2.45) is 0 Å². The van der Waals surface area contributed by atoms with Crippen LogP contribution in [0.2, 0.25) is 0 Å². The fourth-order valence-electron chi connectivity index (χ4n) is 0.583. The van der Waals surface area contributed by atoms with Gasteiger partial charge in [-0.15, -0.1) is 0 Å². The zero-order chi connectivity index (χ0) is 7.56. The molecule has 0 radical (unpaired) electrons. The topological polar surface area (TPSA) is 32.3 Å². The van der Waals surface area contributed by atoms with Crippen LogP contribution in [0.15, 0.2) is 18.2 Å². The maximum Gasteiger partial charge on any atom is 0.148 e. The molecule has 1 aromatic rings. The highest BCUT2D eigenvalue weighted by atomic mass is 19.1. The predicted octanol–water partition coefficient (Wildman–Crippen LogP) is 1.77. The van der Waals surface area contributed by atoms with E-state index < -0.39 is 11.6 Å². The van der Waals surface area contributed by atoms with Gasteiger partial charge in [0.05, 0.1) is 5.69 Å². The van der Waals surface area contributed by atoms with Crippen LogP contribution in [0.25, 0.3) is 0 Å². The van der Waals surface area contributed by atoms with Crippen molar-refractivity contribution in [1.82, 2.24) is 0 Å². The Bertz CT molecular complexity index is 239. The van der Waals surface area contributed by atoms with Gasteiger partial charge in [-0.05, 0) is 12.1 Å². The minimum absolute atomic E-state index is 0.264. The fourth-order valence-corrected chi connectivity index (χ4v) is 0.583. The van der Waals surface area contributed by atoms with Crippen molar-refractivity contribution in [2.45, 2.75) is 0 Å². The van der Waals surface area contributed by atoms with Gasteiger partial charge in [0.15, 0.2) is 0 Å². The highest BCUT2D eigenvalue weighted by Crippen LogP contribution is 2.13. The van der Waals surface area contributed by atoms with E-state index >= 15 is 0 Å². The van der Waals surface area contributed by atoms with E-state index in [0.717, 1.165) is 18.2 Å². The first-order valence-electron chi connectivity index (χ1n) is 2.59. The molecule has 10 heavy (non-hydrogen) atoms. The quantitative estimate of drug-likeness (QED) is 0.590. The van der Waals surface area contributed by atoms with Crippen LogP contribution in [0, 0.1) is 11.6 Å². The Morgan fingerprint density at radius 3 is 2.50 bits per heavy atom. The molecule has 0 aliphatic rings. The van der Waals surface area contributed by atoms with Gasteiger partial charge in [0, 0.05) is 6.07 Å². The van der Waals surface area contributed by atoms with Crippen molar-refractivity contribution in [2.75, 3.05) is 5.48 Å². The lowest BCUT2D eigenvalue weighted by Crippen LogP contribution is -1.93. The van der Waals surface area contributed by atoms with Gasteiger partial charge in [-0.3, -0.25) is 10.7 Å². The van der Waals surface area contributed by atoms with E-state index in [1.54, 1.807) is 0 Å². The van der Waals surface area contributed by atoms with E-state index in [1.807, 2.05) is 0 Å². The number of benzene rings is 1. The lowest BCUT2D eigenvalue weighted by molar-refractivity contribution is 0.383. The van der Waals surface area contributed by atoms with E-state index in [0.29, 0.717) is 0 Å². The highest BCUT2D eigenvalue weighted by molar-refractivity contribution is 5.42. The summed E-state index contributed by atoms with van der Waals surface area (Å²) in [6, 6.07) is 2.75. The third-order valence-electron chi connectivity index (χ3n) is 1.05. The van der Waals surface area contributed by atoms with Crippen molar-refractivity contribution in [3.63, 3.8) is 0 Å². The van der Waals surface area contributed by atoms with Crippen molar-refractivity contribution in [3.8, 4) is 0 Å². The zero-order valence-corrected chi connectivity index (χ0v) is 4.94. The first-order valence-corrected chi connectivity index (χ1v) is 2.59. The minimum Gasteiger partial charge on any atom is -0.291 e. The Morgan fingerprint density at radius 2 is 2.00 bits per heavy atom. The predicted molar refractivity (Wildman–Crippen MR) is 31.8 cm³/mol. The first-order chi connectivity index (χ1) is 4.74. The van der Waals surface area contributed by atoms with E-state index in [9.17, 15) is 8.78 Å². The molecule has 0 aliphatic carbocycles. The van der Waals surface area contributed by atoms with Crippen molar-refractivity contribution in [3.05, 3.63) is 29.8 Å². The monoisotopic (exact) mass is 145 g/mol. The van der Waals surface area contributed by atoms with Crippen LogP contribution in [0.3, 0.4) is 0 Å². The highest BCUT2D eigenvalue weighted by Gasteiger charge is 2.00. The van der Waals surface area contributed by atoms with Crippen molar-refractivity contribution >= 4 is 5.69 Å². The molecule has 0 heterocycles. The van der Waals surface area contributed by atoms with Gasteiger partial charge in [-0.2, -0.15) is 0 Å². The summed E-state index contributed by atoms with van der Waals surface area (Å²) in [5, 5.41) is 8.19. The number of nitrogens with one attached hydrogen (secondary N) is 1. The molecule has 0 spiro atoms. The maximum absolute atomic E-state index is 12.4. The molecule has 0 unspecified atom stereocenters. The number of halogens is 2. The van der Waals surface area contributed by atoms with Crippen LogP contribution < -0.4 is 5.48 Å². The minimum atomic E-state index is -0.691. The van der Waals surface area contributed by atoms with Crippen LogP contribution >= 0.6 is 0 Å². The van der Waals surface area contributed by atoms with Gasteiger partial charge in [0.2, 0.25) is 0 Å². The zero-order valence-electron chi connectivity index (χ0n) is 4.94. The molecule has 0 aromatic heterocycles. The van der Waals surface area contributed by atoms with Crippen LogP contribution in [0.5, 0.6) is 0 Å². The molecule has 0 aliphatic heterocycles. The number of hydrogen-bond acceptors (Lipinski definition) is 2. The largest absolute Gasteiger partial charge is 0.291 e. The van der Waals surface area contributed by atoms with Gasteiger partial charge in [-0.25, -0.2) is 8.78 Å². The molecule has 4 heteroatoms. The van der Waals surface area contributed by atoms with E-state index in [-0.39, 0.29) is 5.69 Å². The molecule has 0 saturated heterocycles. The van der Waals surface area contributed by atoms with E-state index in [4.69, 9.17) is 5.21 Å². The molecule has 0 atom stereocenters. The second-order valence-corrected chi connectivity index (χ2v) is 1.74. The Morgan fingerprint density at radius 1 is 1.30 bits per heavy atom. The van der Waals surface area contributed by atoms with E-state index in [1.165, 1.54) is 5.48 Å². The fraction of sp³-hybridized carbons (Fsp3) is 0. The number of anilines is 1. The van der Waals surface area contributed by atoms with Crippen LogP contribution in [-0.4, -0.2) is 5.21 Å². The van der Waals surface area contributed by atoms with Gasteiger partial charge in [0.25, 0.3) is 0 Å². The number of rotatable bonds is 1. The molecule has 0 fully saturated rings. The molecular formula is C6H5F2NO. The molecule has 0 bridgehead atoms. The Kier molecular flexibility index (Phi) is 1.82. The van der Waals surface area contributed by atoms with Gasteiger partial charge < -0.3 is 0 Å². The van der Waals surface area contributed by atoms with Gasteiger partial charge >= 0.3 is 0 Å². The molecular weight excluding hydrogens is 140 g/mol. The summed E-state index contributed by atoms with van der Waals surface area (Å²) in [5.74, 6) is -1.29. The summed E-state index contributed by atoms with van der Waals surface area (Å²) < 4.78 is 24.6. The maximum atomic E-state index is 12.4. The molecule has 2 N–H and O–H groups in total. The summed E-state index contributed by atoms with van der Waals surface area (Å²) in [5.41, 5.74) is 1.26. The van der Waals surface area contributed by atoms with Crippen LogP contribution in [0.1, 0.15) is 0 Å². The van der Waals surface area contributed by atoms with Gasteiger partial charge in [0.1, 0.15) is 11.6 Å². The van der Waals surface area contributed by atoms with Crippen molar-refractivity contribution in [1.29, 1.82) is 0 Å². The second kappa shape index (κ2) is 2.62. The first kappa shape index (κ1) is 6.95. The lowest BCUT2D eigenvalue weighted by Gasteiger charge is -1.98. The Hall–Kier alpha value is -1.16. The molecule has 0 saturated carbocycles.